The van der Waals surface area contributed by atoms with E-state index in [1.807, 2.05) is 11.0 Å². The molecular formula is C18H24N2O3. The largest absolute Gasteiger partial charge is 0.497 e. The summed E-state index contributed by atoms with van der Waals surface area (Å²) in [4.78, 5) is 25.9. The van der Waals surface area contributed by atoms with Crippen LogP contribution in [0.1, 0.15) is 42.7 Å². The van der Waals surface area contributed by atoms with Gasteiger partial charge in [0.15, 0.2) is 0 Å². The van der Waals surface area contributed by atoms with Gasteiger partial charge in [-0.1, -0.05) is 6.07 Å². The van der Waals surface area contributed by atoms with Gasteiger partial charge in [0.2, 0.25) is 11.8 Å². The third-order valence-electron chi connectivity index (χ3n) is 4.88. The monoisotopic (exact) mass is 316 g/mol. The summed E-state index contributed by atoms with van der Waals surface area (Å²) in [7, 11) is 1.68. The van der Waals surface area contributed by atoms with Crippen LogP contribution in [0.15, 0.2) is 18.2 Å². The minimum atomic E-state index is 0.0374. The Hall–Kier alpha value is -2.04. The van der Waals surface area contributed by atoms with Crippen molar-refractivity contribution in [2.75, 3.05) is 26.7 Å². The standard InChI is InChI=1S/C18H24N2O3/c1-23-15-5-6-16-13(11-15)3-2-4-14(16)12-18(22)20-9-7-17(21)19-8-10-20/h5-6,11,14H,2-4,7-10,12H2,1H3,(H,19,21)/t14-/m1/s1. The maximum atomic E-state index is 12.6. The van der Waals surface area contributed by atoms with Crippen LogP contribution in [-0.4, -0.2) is 43.5 Å². The lowest BCUT2D eigenvalue weighted by atomic mass is 9.80. The summed E-state index contributed by atoms with van der Waals surface area (Å²) in [5, 5.41) is 2.81. The Morgan fingerprint density at radius 3 is 3.04 bits per heavy atom. The number of aryl methyl sites for hydroxylation is 1. The third kappa shape index (κ3) is 3.66. The molecule has 1 aliphatic carbocycles. The van der Waals surface area contributed by atoms with Gasteiger partial charge in [-0.15, -0.1) is 0 Å². The molecule has 0 radical (unpaired) electrons. The van der Waals surface area contributed by atoms with Gasteiger partial charge in [-0.05, 0) is 48.4 Å². The number of rotatable bonds is 3. The number of carbonyl (C=O) groups excluding carboxylic acids is 2. The lowest BCUT2D eigenvalue weighted by Crippen LogP contribution is -2.35. The molecule has 1 aromatic rings. The Morgan fingerprint density at radius 2 is 2.22 bits per heavy atom. The first-order valence-electron chi connectivity index (χ1n) is 8.38. The first-order valence-corrected chi connectivity index (χ1v) is 8.38. The minimum absolute atomic E-state index is 0.0374. The fourth-order valence-electron chi connectivity index (χ4n) is 3.59. The molecule has 5 nitrogen and oxygen atoms in total. The number of hydrogen-bond acceptors (Lipinski definition) is 3. The van der Waals surface area contributed by atoms with E-state index in [1.165, 1.54) is 11.1 Å². The first kappa shape index (κ1) is 15.8. The molecule has 1 saturated heterocycles. The molecule has 1 aromatic carbocycles. The van der Waals surface area contributed by atoms with Gasteiger partial charge in [0.25, 0.3) is 0 Å². The van der Waals surface area contributed by atoms with Crippen molar-refractivity contribution in [3.05, 3.63) is 29.3 Å². The maximum Gasteiger partial charge on any atom is 0.223 e. The van der Waals surface area contributed by atoms with Crippen molar-refractivity contribution >= 4 is 11.8 Å². The topological polar surface area (TPSA) is 58.6 Å². The van der Waals surface area contributed by atoms with Gasteiger partial charge in [-0.2, -0.15) is 0 Å². The van der Waals surface area contributed by atoms with E-state index in [2.05, 4.69) is 17.4 Å². The van der Waals surface area contributed by atoms with Crippen LogP contribution in [0.3, 0.4) is 0 Å². The van der Waals surface area contributed by atoms with Crippen molar-refractivity contribution in [3.8, 4) is 5.75 Å². The highest BCUT2D eigenvalue weighted by Crippen LogP contribution is 2.36. The molecule has 1 heterocycles. The third-order valence-corrected chi connectivity index (χ3v) is 4.88. The van der Waals surface area contributed by atoms with Gasteiger partial charge in [-0.3, -0.25) is 9.59 Å². The number of amides is 2. The summed E-state index contributed by atoms with van der Waals surface area (Å²) in [5.41, 5.74) is 2.59. The number of nitrogens with one attached hydrogen (secondary N) is 1. The average Bonchev–Trinajstić information content (AvgIpc) is 2.79. The summed E-state index contributed by atoms with van der Waals surface area (Å²) >= 11 is 0. The zero-order valence-corrected chi connectivity index (χ0v) is 13.6. The van der Waals surface area contributed by atoms with Crippen LogP contribution in [0.2, 0.25) is 0 Å². The van der Waals surface area contributed by atoms with Crippen LogP contribution in [0.25, 0.3) is 0 Å². The summed E-state index contributed by atoms with van der Waals surface area (Å²) in [6, 6.07) is 6.19. The van der Waals surface area contributed by atoms with Crippen molar-refractivity contribution < 1.29 is 14.3 Å². The van der Waals surface area contributed by atoms with Crippen LogP contribution in [0.5, 0.6) is 5.75 Å². The number of nitrogens with zero attached hydrogens (tertiary/aromatic N) is 1. The molecule has 0 aromatic heterocycles. The molecule has 0 unspecified atom stereocenters. The van der Waals surface area contributed by atoms with Gasteiger partial charge in [0.1, 0.15) is 5.75 Å². The summed E-state index contributed by atoms with van der Waals surface area (Å²) in [6.07, 6.45) is 4.16. The predicted molar refractivity (Wildman–Crippen MR) is 87.5 cm³/mol. The molecule has 0 spiro atoms. The summed E-state index contributed by atoms with van der Waals surface area (Å²) in [5.74, 6) is 1.36. The van der Waals surface area contributed by atoms with E-state index in [1.54, 1.807) is 7.11 Å². The smallest absolute Gasteiger partial charge is 0.223 e. The molecule has 3 rings (SSSR count). The zero-order chi connectivity index (χ0) is 16.2. The van der Waals surface area contributed by atoms with Gasteiger partial charge >= 0.3 is 0 Å². The molecule has 5 heteroatoms. The second kappa shape index (κ2) is 7.02. The van der Waals surface area contributed by atoms with Crippen LogP contribution < -0.4 is 10.1 Å². The normalized spacial score (nSPS) is 21.2. The fraction of sp³-hybridized carbons (Fsp3) is 0.556. The summed E-state index contributed by atoms with van der Waals surface area (Å²) in [6.45, 7) is 1.71. The number of fused-ring (bicyclic) bond motifs is 1. The van der Waals surface area contributed by atoms with Crippen molar-refractivity contribution in [2.24, 2.45) is 0 Å². The Labute approximate surface area is 137 Å². The molecule has 2 amide bonds. The second-order valence-electron chi connectivity index (χ2n) is 6.34. The van der Waals surface area contributed by atoms with Crippen LogP contribution in [0.4, 0.5) is 0 Å². The highest BCUT2D eigenvalue weighted by atomic mass is 16.5. The molecule has 2 aliphatic rings. The predicted octanol–water partition coefficient (Wildman–Crippen LogP) is 1.85. The fourth-order valence-corrected chi connectivity index (χ4v) is 3.59. The molecule has 1 fully saturated rings. The Kier molecular flexibility index (Phi) is 4.84. The SMILES string of the molecule is COc1ccc2c(c1)CCC[C@@H]2CC(=O)N1CCNC(=O)CC1. The van der Waals surface area contributed by atoms with Gasteiger partial charge in [-0.25, -0.2) is 0 Å². The van der Waals surface area contributed by atoms with E-state index in [0.29, 0.717) is 32.5 Å². The van der Waals surface area contributed by atoms with Gasteiger partial charge in [0.05, 0.1) is 7.11 Å². The van der Waals surface area contributed by atoms with Crippen molar-refractivity contribution in [1.29, 1.82) is 0 Å². The van der Waals surface area contributed by atoms with Crippen LogP contribution >= 0.6 is 0 Å². The molecule has 124 valence electrons. The summed E-state index contributed by atoms with van der Waals surface area (Å²) < 4.78 is 5.30. The molecular weight excluding hydrogens is 292 g/mol. The van der Waals surface area contributed by atoms with E-state index in [-0.39, 0.29) is 17.7 Å². The molecule has 0 saturated carbocycles. The lowest BCUT2D eigenvalue weighted by Gasteiger charge is -2.28. The van der Waals surface area contributed by atoms with E-state index >= 15 is 0 Å². The number of carbonyl (C=O) groups is 2. The van der Waals surface area contributed by atoms with E-state index < -0.39 is 0 Å². The molecule has 1 atom stereocenters. The van der Waals surface area contributed by atoms with Gasteiger partial charge in [0, 0.05) is 32.5 Å². The maximum absolute atomic E-state index is 12.6. The minimum Gasteiger partial charge on any atom is -0.497 e. The number of hydrogen-bond donors (Lipinski definition) is 1. The zero-order valence-electron chi connectivity index (χ0n) is 13.6. The quantitative estimate of drug-likeness (QED) is 0.926. The number of benzene rings is 1. The van der Waals surface area contributed by atoms with Gasteiger partial charge < -0.3 is 15.0 Å². The van der Waals surface area contributed by atoms with Crippen molar-refractivity contribution in [3.63, 3.8) is 0 Å². The molecule has 23 heavy (non-hydrogen) atoms. The molecule has 1 N–H and O–H groups in total. The number of methoxy groups -OCH3 is 1. The molecule has 1 aliphatic heterocycles. The van der Waals surface area contributed by atoms with Crippen molar-refractivity contribution in [1.82, 2.24) is 10.2 Å². The van der Waals surface area contributed by atoms with E-state index in [9.17, 15) is 9.59 Å². The second-order valence-corrected chi connectivity index (χ2v) is 6.34. The van der Waals surface area contributed by atoms with Crippen LogP contribution in [0, 0.1) is 0 Å². The van der Waals surface area contributed by atoms with E-state index in [4.69, 9.17) is 4.74 Å². The Bertz CT molecular complexity index is 600. The molecule has 0 bridgehead atoms. The highest BCUT2D eigenvalue weighted by Gasteiger charge is 2.26. The van der Waals surface area contributed by atoms with Crippen LogP contribution in [-0.2, 0) is 16.0 Å². The average molecular weight is 316 g/mol. The lowest BCUT2D eigenvalue weighted by molar-refractivity contribution is -0.131. The Balaban J connectivity index is 1.69. The Morgan fingerprint density at radius 1 is 1.35 bits per heavy atom. The van der Waals surface area contributed by atoms with Crippen molar-refractivity contribution in [2.45, 2.75) is 38.0 Å². The number of ether oxygens (including phenoxy) is 1. The highest BCUT2D eigenvalue weighted by molar-refractivity contribution is 5.80. The first-order chi connectivity index (χ1) is 11.2. The van der Waals surface area contributed by atoms with E-state index in [0.717, 1.165) is 25.0 Å².